The van der Waals surface area contributed by atoms with E-state index in [9.17, 15) is 31.1 Å². The second-order valence-corrected chi connectivity index (χ2v) is 6.48. The van der Waals surface area contributed by atoms with E-state index < -0.39 is 29.4 Å². The number of halogens is 6. The van der Waals surface area contributed by atoms with Crippen LogP contribution in [0.3, 0.4) is 0 Å². The predicted molar refractivity (Wildman–Crippen MR) is 95.9 cm³/mol. The van der Waals surface area contributed by atoms with Crippen molar-refractivity contribution in [2.45, 2.75) is 25.8 Å². The summed E-state index contributed by atoms with van der Waals surface area (Å²) in [6, 6.07) is 9.00. The summed E-state index contributed by atoms with van der Waals surface area (Å²) in [5.41, 5.74) is -0.927. The van der Waals surface area contributed by atoms with Crippen LogP contribution in [0.15, 0.2) is 54.7 Å². The summed E-state index contributed by atoms with van der Waals surface area (Å²) in [5.74, 6) is -0.608. The third-order valence-corrected chi connectivity index (χ3v) is 4.38. The van der Waals surface area contributed by atoms with Crippen molar-refractivity contribution in [2.24, 2.45) is 0 Å². The molecular formula is C20H15F6N3O. The molecule has 1 N–H and O–H groups in total. The molecule has 0 aliphatic carbocycles. The molecule has 0 spiro atoms. The molecule has 0 saturated heterocycles. The van der Waals surface area contributed by atoms with Gasteiger partial charge in [0.05, 0.1) is 34.3 Å². The monoisotopic (exact) mass is 427 g/mol. The number of benzene rings is 2. The number of rotatable bonds is 4. The Morgan fingerprint density at radius 3 is 2.20 bits per heavy atom. The largest absolute Gasteiger partial charge is 0.416 e. The van der Waals surface area contributed by atoms with Crippen molar-refractivity contribution in [1.82, 2.24) is 15.1 Å². The van der Waals surface area contributed by atoms with Gasteiger partial charge in [0.25, 0.3) is 5.91 Å². The van der Waals surface area contributed by atoms with E-state index in [4.69, 9.17) is 0 Å². The lowest BCUT2D eigenvalue weighted by Gasteiger charge is -2.11. The first-order valence-electron chi connectivity index (χ1n) is 8.63. The average Bonchev–Trinajstić information content (AvgIpc) is 3.06. The molecule has 0 saturated carbocycles. The first kappa shape index (κ1) is 21.4. The van der Waals surface area contributed by atoms with Gasteiger partial charge in [-0.05, 0) is 42.8 Å². The van der Waals surface area contributed by atoms with E-state index in [2.05, 4.69) is 10.4 Å². The highest BCUT2D eigenvalue weighted by molar-refractivity contribution is 5.95. The first-order valence-corrected chi connectivity index (χ1v) is 8.63. The summed E-state index contributed by atoms with van der Waals surface area (Å²) in [5, 5.41) is 6.47. The number of nitrogens with one attached hydrogen (secondary N) is 1. The standard InChI is InChI=1S/C20H15F6N3O/c1-12-17(11-28-29(12)16-7-3-6-15(9-16)20(24,25)26)18(30)27-10-13-4-2-5-14(8-13)19(21,22)23/h2-9,11H,10H2,1H3,(H,27,30). The van der Waals surface area contributed by atoms with E-state index in [-0.39, 0.29) is 29.1 Å². The first-order chi connectivity index (χ1) is 14.0. The average molecular weight is 427 g/mol. The van der Waals surface area contributed by atoms with E-state index in [1.165, 1.54) is 42.1 Å². The zero-order valence-electron chi connectivity index (χ0n) is 15.5. The summed E-state index contributed by atoms with van der Waals surface area (Å²) in [6.07, 6.45) is -7.83. The number of hydrogen-bond donors (Lipinski definition) is 1. The van der Waals surface area contributed by atoms with Crippen molar-refractivity contribution in [2.75, 3.05) is 0 Å². The van der Waals surface area contributed by atoms with E-state index in [0.717, 1.165) is 24.3 Å². The lowest BCUT2D eigenvalue weighted by Crippen LogP contribution is -2.23. The molecule has 1 heterocycles. The summed E-state index contributed by atoms with van der Waals surface area (Å²) >= 11 is 0. The molecule has 0 atom stereocenters. The smallest absolute Gasteiger partial charge is 0.348 e. The third kappa shape index (κ3) is 4.64. The molecular weight excluding hydrogens is 412 g/mol. The quantitative estimate of drug-likeness (QED) is 0.586. The fourth-order valence-corrected chi connectivity index (χ4v) is 2.84. The van der Waals surface area contributed by atoms with Crippen molar-refractivity contribution < 1.29 is 31.1 Å². The van der Waals surface area contributed by atoms with Gasteiger partial charge in [0, 0.05) is 6.54 Å². The van der Waals surface area contributed by atoms with Crippen molar-refractivity contribution in [3.05, 3.63) is 82.7 Å². The van der Waals surface area contributed by atoms with Crippen LogP contribution in [0.4, 0.5) is 26.3 Å². The van der Waals surface area contributed by atoms with Crippen LogP contribution < -0.4 is 5.32 Å². The van der Waals surface area contributed by atoms with Gasteiger partial charge >= 0.3 is 12.4 Å². The number of hydrogen-bond acceptors (Lipinski definition) is 2. The second kappa shape index (κ2) is 7.85. The van der Waals surface area contributed by atoms with Crippen LogP contribution in [0.25, 0.3) is 5.69 Å². The van der Waals surface area contributed by atoms with Gasteiger partial charge in [-0.2, -0.15) is 31.4 Å². The van der Waals surface area contributed by atoms with Crippen molar-refractivity contribution in [1.29, 1.82) is 0 Å². The Hall–Kier alpha value is -3.30. The van der Waals surface area contributed by atoms with Gasteiger partial charge in [0.15, 0.2) is 0 Å². The van der Waals surface area contributed by atoms with Crippen LogP contribution in [0.5, 0.6) is 0 Å². The third-order valence-electron chi connectivity index (χ3n) is 4.38. The molecule has 3 aromatic rings. The Morgan fingerprint density at radius 1 is 0.967 bits per heavy atom. The maximum Gasteiger partial charge on any atom is 0.416 e. The van der Waals surface area contributed by atoms with Gasteiger partial charge in [0.2, 0.25) is 0 Å². The molecule has 0 fully saturated rings. The fraction of sp³-hybridized carbons (Fsp3) is 0.200. The predicted octanol–water partition coefficient (Wildman–Crippen LogP) is 5.15. The van der Waals surface area contributed by atoms with Crippen molar-refractivity contribution >= 4 is 5.91 Å². The molecule has 1 amide bonds. The second-order valence-electron chi connectivity index (χ2n) is 6.48. The summed E-state index contributed by atoms with van der Waals surface area (Å²) in [6.45, 7) is 1.35. The maximum absolute atomic E-state index is 12.9. The maximum atomic E-state index is 12.9. The van der Waals surface area contributed by atoms with Crippen molar-refractivity contribution in [3.8, 4) is 5.69 Å². The summed E-state index contributed by atoms with van der Waals surface area (Å²) < 4.78 is 78.3. The van der Waals surface area contributed by atoms with Crippen LogP contribution in [-0.4, -0.2) is 15.7 Å². The molecule has 0 unspecified atom stereocenters. The summed E-state index contributed by atoms with van der Waals surface area (Å²) in [7, 11) is 0. The number of aromatic nitrogens is 2. The Balaban J connectivity index is 1.77. The molecule has 10 heteroatoms. The minimum Gasteiger partial charge on any atom is -0.348 e. The summed E-state index contributed by atoms with van der Waals surface area (Å²) in [4.78, 5) is 12.4. The molecule has 0 radical (unpaired) electrons. The van der Waals surface area contributed by atoms with Gasteiger partial charge in [-0.15, -0.1) is 0 Å². The van der Waals surface area contributed by atoms with Crippen LogP contribution in [0.1, 0.15) is 32.7 Å². The van der Waals surface area contributed by atoms with Crippen LogP contribution in [0.2, 0.25) is 0 Å². The van der Waals surface area contributed by atoms with E-state index in [1.54, 1.807) is 0 Å². The van der Waals surface area contributed by atoms with Gasteiger partial charge in [-0.1, -0.05) is 18.2 Å². The van der Waals surface area contributed by atoms with E-state index in [0.29, 0.717) is 0 Å². The SMILES string of the molecule is Cc1c(C(=O)NCc2cccc(C(F)(F)F)c2)cnn1-c1cccc(C(F)(F)F)c1. The molecule has 30 heavy (non-hydrogen) atoms. The Kier molecular flexibility index (Phi) is 5.60. The van der Waals surface area contributed by atoms with E-state index >= 15 is 0 Å². The number of nitrogens with zero attached hydrogens (tertiary/aromatic N) is 2. The zero-order valence-corrected chi connectivity index (χ0v) is 15.5. The van der Waals surface area contributed by atoms with Gasteiger partial charge in [-0.25, -0.2) is 4.68 Å². The minimum atomic E-state index is -4.53. The minimum absolute atomic E-state index is 0.0967. The highest BCUT2D eigenvalue weighted by Crippen LogP contribution is 2.31. The number of alkyl halides is 6. The highest BCUT2D eigenvalue weighted by atomic mass is 19.4. The van der Waals surface area contributed by atoms with Gasteiger partial charge in [-0.3, -0.25) is 4.79 Å². The van der Waals surface area contributed by atoms with Crippen LogP contribution in [0, 0.1) is 6.92 Å². The molecule has 2 aromatic carbocycles. The molecule has 0 aliphatic heterocycles. The van der Waals surface area contributed by atoms with Crippen LogP contribution in [-0.2, 0) is 18.9 Å². The van der Waals surface area contributed by atoms with Crippen molar-refractivity contribution in [3.63, 3.8) is 0 Å². The van der Waals surface area contributed by atoms with E-state index in [1.807, 2.05) is 0 Å². The molecule has 0 aliphatic rings. The normalized spacial score (nSPS) is 12.1. The Bertz CT molecular complexity index is 1070. The Morgan fingerprint density at radius 2 is 1.57 bits per heavy atom. The Labute approximate surface area is 167 Å². The topological polar surface area (TPSA) is 46.9 Å². The molecule has 1 aromatic heterocycles. The van der Waals surface area contributed by atoms with Gasteiger partial charge in [0.1, 0.15) is 0 Å². The molecule has 3 rings (SSSR count). The zero-order chi connectivity index (χ0) is 22.1. The lowest BCUT2D eigenvalue weighted by molar-refractivity contribution is -0.138. The fourth-order valence-electron chi connectivity index (χ4n) is 2.84. The molecule has 158 valence electrons. The lowest BCUT2D eigenvalue weighted by atomic mass is 10.1. The number of carbonyl (C=O) groups excluding carboxylic acids is 1. The number of amides is 1. The van der Waals surface area contributed by atoms with Gasteiger partial charge < -0.3 is 5.32 Å². The highest BCUT2D eigenvalue weighted by Gasteiger charge is 2.31. The number of carbonyl (C=O) groups is 1. The molecule has 0 bridgehead atoms. The molecule has 4 nitrogen and oxygen atoms in total. The van der Waals surface area contributed by atoms with Crippen LogP contribution >= 0.6 is 0 Å².